The van der Waals surface area contributed by atoms with Gasteiger partial charge in [0.1, 0.15) is 11.8 Å². The Morgan fingerprint density at radius 3 is 2.15 bits per heavy atom. The second-order valence-corrected chi connectivity index (χ2v) is 11.8. The number of sulfonamides is 1. The third kappa shape index (κ3) is 11.8. The van der Waals surface area contributed by atoms with Gasteiger partial charge in [-0.1, -0.05) is 75.8 Å². The van der Waals surface area contributed by atoms with E-state index in [1.807, 2.05) is 30.3 Å². The van der Waals surface area contributed by atoms with E-state index in [1.54, 1.807) is 12.1 Å². The number of amides is 1. The second kappa shape index (κ2) is 17.6. The van der Waals surface area contributed by atoms with Crippen LogP contribution in [0.5, 0.6) is 5.75 Å². The quantitative estimate of drug-likeness (QED) is 0.199. The summed E-state index contributed by atoms with van der Waals surface area (Å²) >= 11 is 0. The van der Waals surface area contributed by atoms with Crippen molar-refractivity contribution in [1.29, 1.82) is 0 Å². The van der Waals surface area contributed by atoms with Gasteiger partial charge in [-0.3, -0.25) is 4.79 Å². The van der Waals surface area contributed by atoms with Crippen molar-refractivity contribution in [3.8, 4) is 5.75 Å². The third-order valence-electron chi connectivity index (χ3n) is 6.69. The minimum atomic E-state index is -3.79. The first-order valence-electron chi connectivity index (χ1n) is 14.0. The Bertz CT molecular complexity index is 1090. The summed E-state index contributed by atoms with van der Waals surface area (Å²) in [5.74, 6) is -0.754. The molecule has 0 aliphatic heterocycles. The summed E-state index contributed by atoms with van der Waals surface area (Å²) in [4.78, 5) is 24.2. The maximum atomic E-state index is 13.5. The molecule has 0 fully saturated rings. The molecule has 0 radical (unpaired) electrons. The molecule has 2 aromatic rings. The van der Waals surface area contributed by atoms with Gasteiger partial charge in [0, 0.05) is 19.5 Å². The maximum Gasteiger partial charge on any atom is 0.326 e. The smallest absolute Gasteiger partial charge is 0.326 e. The van der Waals surface area contributed by atoms with E-state index in [9.17, 15) is 23.1 Å². The third-order valence-corrected chi connectivity index (χ3v) is 8.55. The predicted molar refractivity (Wildman–Crippen MR) is 153 cm³/mol. The van der Waals surface area contributed by atoms with E-state index in [1.165, 1.54) is 49.2 Å². The van der Waals surface area contributed by atoms with Crippen molar-refractivity contribution in [3.05, 3.63) is 60.2 Å². The molecule has 1 atom stereocenters. The van der Waals surface area contributed by atoms with Crippen LogP contribution in [-0.2, 0) is 26.2 Å². The van der Waals surface area contributed by atoms with Gasteiger partial charge in [0.25, 0.3) is 0 Å². The molecule has 2 rings (SSSR count). The molecule has 0 heterocycles. The average molecular weight is 561 g/mol. The van der Waals surface area contributed by atoms with Gasteiger partial charge in [-0.15, -0.1) is 0 Å². The molecule has 216 valence electrons. The number of nitrogens with one attached hydrogen (secondary N) is 1. The number of ether oxygens (including phenoxy) is 1. The van der Waals surface area contributed by atoms with E-state index in [-0.39, 0.29) is 30.3 Å². The van der Waals surface area contributed by atoms with Crippen molar-refractivity contribution in [3.63, 3.8) is 0 Å². The first kappa shape index (κ1) is 32.3. The summed E-state index contributed by atoms with van der Waals surface area (Å²) in [6.07, 6.45) is 9.10. The maximum absolute atomic E-state index is 13.5. The minimum Gasteiger partial charge on any atom is -0.497 e. The fourth-order valence-corrected chi connectivity index (χ4v) is 5.84. The van der Waals surface area contributed by atoms with Crippen LogP contribution in [0.25, 0.3) is 0 Å². The molecule has 2 aromatic carbocycles. The van der Waals surface area contributed by atoms with Gasteiger partial charge in [-0.25, -0.2) is 13.2 Å². The van der Waals surface area contributed by atoms with Gasteiger partial charge in [0.2, 0.25) is 15.9 Å². The highest BCUT2D eigenvalue weighted by Crippen LogP contribution is 2.22. The summed E-state index contributed by atoms with van der Waals surface area (Å²) < 4.78 is 33.5. The lowest BCUT2D eigenvalue weighted by molar-refractivity contribution is -0.142. The summed E-state index contributed by atoms with van der Waals surface area (Å²) in [5, 5.41) is 12.2. The van der Waals surface area contributed by atoms with Crippen molar-refractivity contribution in [2.24, 2.45) is 0 Å². The van der Waals surface area contributed by atoms with Crippen LogP contribution < -0.4 is 10.1 Å². The van der Waals surface area contributed by atoms with Gasteiger partial charge in [0.15, 0.2) is 0 Å². The zero-order valence-electron chi connectivity index (χ0n) is 23.3. The lowest BCUT2D eigenvalue weighted by Crippen LogP contribution is -2.40. The van der Waals surface area contributed by atoms with Crippen LogP contribution in [0.4, 0.5) is 0 Å². The number of hydrogen-bond acceptors (Lipinski definition) is 5. The van der Waals surface area contributed by atoms with E-state index in [2.05, 4.69) is 12.2 Å². The number of unbranched alkanes of at least 4 members (excludes halogenated alkanes) is 7. The number of carbonyl (C=O) groups excluding carboxylic acids is 1. The summed E-state index contributed by atoms with van der Waals surface area (Å²) in [7, 11) is -2.27. The number of carboxylic acid groups (broad SMARTS) is 1. The molecule has 0 aliphatic carbocycles. The number of benzene rings is 2. The zero-order valence-corrected chi connectivity index (χ0v) is 24.1. The van der Waals surface area contributed by atoms with Crippen molar-refractivity contribution < 1.29 is 27.9 Å². The number of nitrogens with zero attached hydrogens (tertiary/aromatic N) is 1. The molecule has 0 aromatic heterocycles. The molecular formula is C30H44N2O6S. The molecular weight excluding hydrogens is 516 g/mol. The Labute approximate surface area is 233 Å². The number of aliphatic carboxylic acids is 1. The number of rotatable bonds is 20. The van der Waals surface area contributed by atoms with Crippen LogP contribution in [0, 0.1) is 0 Å². The zero-order chi connectivity index (χ0) is 28.5. The topological polar surface area (TPSA) is 113 Å². The molecule has 39 heavy (non-hydrogen) atoms. The van der Waals surface area contributed by atoms with E-state index < -0.39 is 22.0 Å². The van der Waals surface area contributed by atoms with Crippen molar-refractivity contribution in [1.82, 2.24) is 9.62 Å². The van der Waals surface area contributed by atoms with Crippen LogP contribution >= 0.6 is 0 Å². The molecule has 2 N–H and O–H groups in total. The normalized spacial score (nSPS) is 12.3. The Kier molecular flexibility index (Phi) is 14.6. The average Bonchev–Trinajstić information content (AvgIpc) is 2.93. The SMILES string of the molecule is CCCCCCCCCC(=O)NC(CCCCN(Cc1ccccc1)S(=O)(=O)c1ccc(OC)cc1)C(=O)O. The first-order chi connectivity index (χ1) is 18.8. The van der Waals surface area contributed by atoms with E-state index >= 15 is 0 Å². The Balaban J connectivity index is 1.91. The number of methoxy groups -OCH3 is 1. The van der Waals surface area contributed by atoms with Crippen molar-refractivity contribution in [2.75, 3.05) is 13.7 Å². The molecule has 9 heteroatoms. The monoisotopic (exact) mass is 560 g/mol. The van der Waals surface area contributed by atoms with Gasteiger partial charge >= 0.3 is 5.97 Å². The standard InChI is InChI=1S/C30H44N2O6S/c1-3-4-5-6-7-8-12-18-29(33)31-28(30(34)35)17-13-14-23-32(24-25-15-10-9-11-16-25)39(36,37)27-21-19-26(38-2)20-22-27/h9-11,15-16,19-22,28H,3-8,12-14,17-18,23-24H2,1-2H3,(H,31,33)(H,34,35). The number of carbonyl (C=O) groups is 2. The minimum absolute atomic E-state index is 0.167. The molecule has 0 spiro atoms. The van der Waals surface area contributed by atoms with E-state index in [4.69, 9.17) is 4.74 Å². The fourth-order valence-electron chi connectivity index (χ4n) is 4.37. The molecule has 1 unspecified atom stereocenters. The highest BCUT2D eigenvalue weighted by Gasteiger charge is 2.25. The van der Waals surface area contributed by atoms with Crippen LogP contribution in [0.1, 0.15) is 83.1 Å². The number of hydrogen-bond donors (Lipinski definition) is 2. The fraction of sp³-hybridized carbons (Fsp3) is 0.533. The van der Waals surface area contributed by atoms with Gasteiger partial charge in [-0.05, 0) is 55.5 Å². The van der Waals surface area contributed by atoms with Gasteiger partial charge in [0.05, 0.1) is 12.0 Å². The molecule has 0 aliphatic rings. The second-order valence-electron chi connectivity index (χ2n) is 9.83. The van der Waals surface area contributed by atoms with E-state index in [0.717, 1.165) is 24.8 Å². The van der Waals surface area contributed by atoms with Crippen molar-refractivity contribution >= 4 is 21.9 Å². The first-order valence-corrected chi connectivity index (χ1v) is 15.4. The largest absolute Gasteiger partial charge is 0.497 e. The summed E-state index contributed by atoms with van der Waals surface area (Å²) in [6.45, 7) is 2.60. The highest BCUT2D eigenvalue weighted by molar-refractivity contribution is 7.89. The predicted octanol–water partition coefficient (Wildman–Crippen LogP) is 5.77. The Hall–Kier alpha value is -2.91. The lowest BCUT2D eigenvalue weighted by Gasteiger charge is -2.23. The number of carboxylic acids is 1. The highest BCUT2D eigenvalue weighted by atomic mass is 32.2. The van der Waals surface area contributed by atoms with Crippen LogP contribution in [0.2, 0.25) is 0 Å². The van der Waals surface area contributed by atoms with Crippen LogP contribution in [0.15, 0.2) is 59.5 Å². The van der Waals surface area contributed by atoms with Crippen LogP contribution in [-0.4, -0.2) is 49.4 Å². The van der Waals surface area contributed by atoms with Gasteiger partial charge < -0.3 is 15.2 Å². The molecule has 0 bridgehead atoms. The Morgan fingerprint density at radius 2 is 1.54 bits per heavy atom. The van der Waals surface area contributed by atoms with Gasteiger partial charge in [-0.2, -0.15) is 4.31 Å². The van der Waals surface area contributed by atoms with Crippen molar-refractivity contribution in [2.45, 2.75) is 95.0 Å². The molecule has 0 saturated heterocycles. The molecule has 0 saturated carbocycles. The summed E-state index contributed by atoms with van der Waals surface area (Å²) in [6, 6.07) is 14.6. The van der Waals surface area contributed by atoms with Crippen LogP contribution in [0.3, 0.4) is 0 Å². The Morgan fingerprint density at radius 1 is 0.897 bits per heavy atom. The molecule has 1 amide bonds. The molecule has 8 nitrogen and oxygen atoms in total. The summed E-state index contributed by atoms with van der Waals surface area (Å²) in [5.41, 5.74) is 0.857. The lowest BCUT2D eigenvalue weighted by atomic mass is 10.1. The van der Waals surface area contributed by atoms with E-state index in [0.29, 0.717) is 25.0 Å².